The van der Waals surface area contributed by atoms with E-state index in [2.05, 4.69) is 5.32 Å². The van der Waals surface area contributed by atoms with Crippen molar-refractivity contribution in [1.29, 1.82) is 0 Å². The van der Waals surface area contributed by atoms with Crippen LogP contribution in [0.2, 0.25) is 0 Å². The first-order chi connectivity index (χ1) is 8.25. The van der Waals surface area contributed by atoms with E-state index in [4.69, 9.17) is 5.73 Å². The van der Waals surface area contributed by atoms with E-state index in [0.717, 1.165) is 37.2 Å². The Hall–Kier alpha value is -1.55. The Balaban J connectivity index is 2.00. The van der Waals surface area contributed by atoms with Gasteiger partial charge in [0.25, 0.3) is 0 Å². The van der Waals surface area contributed by atoms with Crippen LogP contribution in [0.5, 0.6) is 0 Å². The van der Waals surface area contributed by atoms with Gasteiger partial charge < -0.3 is 16.0 Å². The number of aryl methyl sites for hydroxylation is 1. The van der Waals surface area contributed by atoms with E-state index in [0.29, 0.717) is 12.1 Å². The summed E-state index contributed by atoms with van der Waals surface area (Å²) in [4.78, 5) is 14.0. The van der Waals surface area contributed by atoms with Gasteiger partial charge in [0.1, 0.15) is 0 Å². The number of anilines is 1. The number of amides is 1. The molecule has 2 aliphatic heterocycles. The highest BCUT2D eigenvalue weighted by atomic mass is 16.2. The predicted octanol–water partition coefficient (Wildman–Crippen LogP) is 1.24. The van der Waals surface area contributed by atoms with Gasteiger partial charge in [-0.05, 0) is 43.1 Å². The van der Waals surface area contributed by atoms with Gasteiger partial charge in [-0.3, -0.25) is 4.79 Å². The van der Waals surface area contributed by atoms with E-state index in [1.165, 1.54) is 0 Å². The minimum atomic E-state index is 0.226. The highest BCUT2D eigenvalue weighted by Crippen LogP contribution is 2.32. The van der Waals surface area contributed by atoms with Crippen LogP contribution in [-0.2, 0) is 11.2 Å². The zero-order valence-electron chi connectivity index (χ0n) is 9.70. The molecule has 1 aromatic rings. The quantitative estimate of drug-likeness (QED) is 0.789. The number of carbonyl (C=O) groups excluding carboxylic acids is 1. The second-order valence-electron chi connectivity index (χ2n) is 4.75. The molecule has 2 N–H and O–H groups in total. The van der Waals surface area contributed by atoms with Crippen LogP contribution in [0.15, 0.2) is 18.2 Å². The molecule has 1 saturated heterocycles. The molecule has 0 saturated carbocycles. The molecule has 1 radical (unpaired) electrons. The van der Waals surface area contributed by atoms with E-state index >= 15 is 0 Å². The van der Waals surface area contributed by atoms with E-state index in [1.54, 1.807) is 6.07 Å². The summed E-state index contributed by atoms with van der Waals surface area (Å²) in [6.07, 6.45) is 2.37. The van der Waals surface area contributed by atoms with Crippen LogP contribution >= 0.6 is 0 Å². The van der Waals surface area contributed by atoms with Crippen molar-refractivity contribution in [3.05, 3.63) is 23.8 Å². The molecule has 0 bridgehead atoms. The zero-order chi connectivity index (χ0) is 11.8. The number of nitrogens with zero attached hydrogens (tertiary/aromatic N) is 1. The van der Waals surface area contributed by atoms with Gasteiger partial charge in [-0.1, -0.05) is 0 Å². The Kier molecular flexibility index (Phi) is 2.52. The van der Waals surface area contributed by atoms with Crippen LogP contribution in [0.1, 0.15) is 18.4 Å². The lowest BCUT2D eigenvalue weighted by atomic mass is 9.98. The molecule has 4 heteroatoms. The highest BCUT2D eigenvalue weighted by molar-refractivity contribution is 5.97. The molecule has 1 fully saturated rings. The maximum atomic E-state index is 12.1. The van der Waals surface area contributed by atoms with Crippen molar-refractivity contribution in [1.82, 2.24) is 11.1 Å². The van der Waals surface area contributed by atoms with Crippen LogP contribution in [0.25, 0.3) is 0 Å². The van der Waals surface area contributed by atoms with Crippen molar-refractivity contribution < 1.29 is 4.79 Å². The summed E-state index contributed by atoms with van der Waals surface area (Å²) in [6, 6.07) is 5.87. The molecule has 0 aromatic heterocycles. The summed E-state index contributed by atoms with van der Waals surface area (Å²) in [6.45, 7) is 1.87. The minimum absolute atomic E-state index is 0.226. The van der Waals surface area contributed by atoms with Crippen LogP contribution in [0, 0.1) is 0 Å². The molecule has 3 rings (SSSR count). The number of nitrogens with one attached hydrogen (secondary N) is 2. The number of fused-ring (bicyclic) bond motifs is 1. The van der Waals surface area contributed by atoms with Gasteiger partial charge in [0.15, 0.2) is 0 Å². The first-order valence-electron chi connectivity index (χ1n) is 6.13. The van der Waals surface area contributed by atoms with Crippen molar-refractivity contribution >= 4 is 17.3 Å². The lowest BCUT2D eigenvalue weighted by Crippen LogP contribution is -2.44. The average molecular weight is 230 g/mol. The molecule has 4 nitrogen and oxygen atoms in total. The Morgan fingerprint density at radius 3 is 3.00 bits per heavy atom. The lowest BCUT2D eigenvalue weighted by Gasteiger charge is -2.34. The summed E-state index contributed by atoms with van der Waals surface area (Å²) >= 11 is 0. The smallest absolute Gasteiger partial charge is 0.227 e. The summed E-state index contributed by atoms with van der Waals surface area (Å²) < 4.78 is 0. The van der Waals surface area contributed by atoms with Crippen molar-refractivity contribution in [3.8, 4) is 0 Å². The summed E-state index contributed by atoms with van der Waals surface area (Å²) in [7, 11) is 0. The van der Waals surface area contributed by atoms with Gasteiger partial charge in [-0.25, -0.2) is 0 Å². The normalized spacial score (nSPS) is 23.9. The second-order valence-corrected chi connectivity index (χ2v) is 4.75. The SMILES string of the molecule is [NH]c1ccc2c(c1)CCC(=O)N2C1CCNC1. The fourth-order valence-electron chi connectivity index (χ4n) is 2.78. The maximum absolute atomic E-state index is 12.1. The number of hydrogen-bond donors (Lipinski definition) is 1. The van der Waals surface area contributed by atoms with E-state index in [-0.39, 0.29) is 11.9 Å². The third kappa shape index (κ3) is 1.78. The first kappa shape index (κ1) is 10.6. The van der Waals surface area contributed by atoms with Gasteiger partial charge >= 0.3 is 0 Å². The van der Waals surface area contributed by atoms with Crippen molar-refractivity contribution in [2.45, 2.75) is 25.3 Å². The molecule has 0 aliphatic carbocycles. The molecule has 17 heavy (non-hydrogen) atoms. The number of rotatable bonds is 1. The standard InChI is InChI=1S/C13H16N3O/c14-10-2-3-12-9(7-10)1-4-13(17)16(12)11-5-6-15-8-11/h2-3,7,11,14-15H,1,4-6,8H2. The topological polar surface area (TPSA) is 56.1 Å². The highest BCUT2D eigenvalue weighted by Gasteiger charge is 2.31. The molecule has 2 aliphatic rings. The van der Waals surface area contributed by atoms with Gasteiger partial charge in [0, 0.05) is 18.7 Å². The molecular formula is C13H16N3O. The lowest BCUT2D eigenvalue weighted by molar-refractivity contribution is -0.119. The minimum Gasteiger partial charge on any atom is -0.315 e. The van der Waals surface area contributed by atoms with Crippen molar-refractivity contribution in [2.75, 3.05) is 18.0 Å². The second kappa shape index (κ2) is 4.04. The average Bonchev–Trinajstić information content (AvgIpc) is 2.82. The third-order valence-corrected chi connectivity index (χ3v) is 3.62. The first-order valence-corrected chi connectivity index (χ1v) is 6.13. The molecule has 1 amide bonds. The van der Waals surface area contributed by atoms with Crippen LogP contribution in [0.4, 0.5) is 11.4 Å². The van der Waals surface area contributed by atoms with Crippen molar-refractivity contribution in [3.63, 3.8) is 0 Å². The summed E-state index contributed by atoms with van der Waals surface area (Å²) in [5, 5.41) is 3.30. The molecule has 1 aromatic carbocycles. The predicted molar refractivity (Wildman–Crippen MR) is 66.3 cm³/mol. The van der Waals surface area contributed by atoms with Gasteiger partial charge in [0.05, 0.1) is 11.7 Å². The van der Waals surface area contributed by atoms with Crippen LogP contribution in [-0.4, -0.2) is 25.0 Å². The Labute approximate surface area is 101 Å². The number of hydrogen-bond acceptors (Lipinski definition) is 2. The van der Waals surface area contributed by atoms with Crippen LogP contribution < -0.4 is 16.0 Å². The maximum Gasteiger partial charge on any atom is 0.227 e. The molecule has 89 valence electrons. The van der Waals surface area contributed by atoms with E-state index in [9.17, 15) is 4.79 Å². The fraction of sp³-hybridized carbons (Fsp3) is 0.462. The fourth-order valence-corrected chi connectivity index (χ4v) is 2.78. The molecule has 0 spiro atoms. The Bertz CT molecular complexity index is 452. The molecule has 1 atom stereocenters. The largest absolute Gasteiger partial charge is 0.315 e. The van der Waals surface area contributed by atoms with Gasteiger partial charge in [-0.15, -0.1) is 0 Å². The van der Waals surface area contributed by atoms with Gasteiger partial charge in [0.2, 0.25) is 5.91 Å². The van der Waals surface area contributed by atoms with Crippen molar-refractivity contribution in [2.24, 2.45) is 0 Å². The summed E-state index contributed by atoms with van der Waals surface area (Å²) in [5.41, 5.74) is 10.3. The van der Waals surface area contributed by atoms with E-state index < -0.39 is 0 Å². The molecular weight excluding hydrogens is 214 g/mol. The molecule has 1 unspecified atom stereocenters. The third-order valence-electron chi connectivity index (χ3n) is 3.62. The zero-order valence-corrected chi connectivity index (χ0v) is 9.70. The Morgan fingerprint density at radius 2 is 2.24 bits per heavy atom. The van der Waals surface area contributed by atoms with Gasteiger partial charge in [-0.2, -0.15) is 0 Å². The summed E-state index contributed by atoms with van der Waals surface area (Å²) in [5.74, 6) is 0.226. The molecule has 2 heterocycles. The monoisotopic (exact) mass is 230 g/mol. The number of benzene rings is 1. The van der Waals surface area contributed by atoms with Crippen LogP contribution in [0.3, 0.4) is 0 Å². The Morgan fingerprint density at radius 1 is 1.35 bits per heavy atom. The van der Waals surface area contributed by atoms with E-state index in [1.807, 2.05) is 17.0 Å². The number of carbonyl (C=O) groups is 1.